The predicted octanol–water partition coefficient (Wildman–Crippen LogP) is 4.59. The highest BCUT2D eigenvalue weighted by Gasteiger charge is 2.19. The van der Waals surface area contributed by atoms with Crippen LogP contribution in [0.2, 0.25) is 0 Å². The predicted molar refractivity (Wildman–Crippen MR) is 124 cm³/mol. The van der Waals surface area contributed by atoms with Crippen LogP contribution < -0.4 is 10.6 Å². The van der Waals surface area contributed by atoms with Crippen LogP contribution in [0.5, 0.6) is 0 Å². The number of rotatable bonds is 9. The van der Waals surface area contributed by atoms with E-state index < -0.39 is 24.5 Å². The van der Waals surface area contributed by atoms with Crippen molar-refractivity contribution in [2.75, 3.05) is 11.9 Å². The summed E-state index contributed by atoms with van der Waals surface area (Å²) in [6.07, 6.45) is -0.0721. The topological polar surface area (TPSA) is 84.5 Å². The lowest BCUT2D eigenvalue weighted by Crippen LogP contribution is -2.29. The molecule has 6 nitrogen and oxygen atoms in total. The van der Waals surface area contributed by atoms with Crippen LogP contribution in [0.15, 0.2) is 94.7 Å². The largest absolute Gasteiger partial charge is 0.455 e. The van der Waals surface area contributed by atoms with Gasteiger partial charge in [0.25, 0.3) is 5.91 Å². The number of esters is 1. The molecule has 0 saturated heterocycles. The second-order valence-corrected chi connectivity index (χ2v) is 8.10. The first-order valence-electron chi connectivity index (χ1n) is 10.1. The fourth-order valence-electron chi connectivity index (χ4n) is 3.02. The molecule has 1 unspecified atom stereocenters. The molecule has 7 heteroatoms. The van der Waals surface area contributed by atoms with Crippen molar-refractivity contribution >= 4 is 35.2 Å². The van der Waals surface area contributed by atoms with Crippen LogP contribution in [0.4, 0.5) is 5.69 Å². The molecule has 3 aromatic rings. The molecule has 0 fully saturated rings. The fourth-order valence-corrected chi connectivity index (χ4v) is 3.94. The number of hydrogen-bond acceptors (Lipinski definition) is 5. The fraction of sp³-hybridized carbons (Fsp3) is 0.160. The van der Waals surface area contributed by atoms with Crippen molar-refractivity contribution in [3.8, 4) is 0 Å². The zero-order chi connectivity index (χ0) is 22.8. The lowest BCUT2D eigenvalue weighted by atomic mass is 10.0. The molecule has 0 radical (unpaired) electrons. The van der Waals surface area contributed by atoms with E-state index in [-0.39, 0.29) is 12.3 Å². The summed E-state index contributed by atoms with van der Waals surface area (Å²) >= 11 is 1.53. The number of benzene rings is 3. The number of amides is 2. The van der Waals surface area contributed by atoms with E-state index >= 15 is 0 Å². The zero-order valence-corrected chi connectivity index (χ0v) is 18.4. The molecule has 0 bridgehead atoms. The number of carbonyl (C=O) groups excluding carboxylic acids is 3. The monoisotopic (exact) mass is 448 g/mol. The molecule has 32 heavy (non-hydrogen) atoms. The third kappa shape index (κ3) is 7.28. The minimum Gasteiger partial charge on any atom is -0.455 e. The second-order valence-electron chi connectivity index (χ2n) is 6.99. The molecule has 3 rings (SSSR count). The highest BCUT2D eigenvalue weighted by atomic mass is 32.2. The molecule has 0 aliphatic heterocycles. The van der Waals surface area contributed by atoms with E-state index in [1.165, 1.54) is 18.7 Å². The van der Waals surface area contributed by atoms with Crippen molar-refractivity contribution < 1.29 is 19.1 Å². The lowest BCUT2D eigenvalue weighted by Gasteiger charge is -2.17. The van der Waals surface area contributed by atoms with Gasteiger partial charge in [-0.05, 0) is 29.8 Å². The normalized spacial score (nSPS) is 11.3. The van der Waals surface area contributed by atoms with Crippen LogP contribution in [0, 0.1) is 0 Å². The zero-order valence-electron chi connectivity index (χ0n) is 17.6. The van der Waals surface area contributed by atoms with E-state index in [0.29, 0.717) is 5.69 Å². The SMILES string of the molecule is CC(=O)NC(CC(=O)OCC(=O)Nc1ccccc1Sc1ccccc1)c1ccccc1. The Morgan fingerprint density at radius 1 is 0.875 bits per heavy atom. The first-order chi connectivity index (χ1) is 15.5. The van der Waals surface area contributed by atoms with E-state index in [1.54, 1.807) is 6.07 Å². The maximum Gasteiger partial charge on any atom is 0.308 e. The van der Waals surface area contributed by atoms with Crippen molar-refractivity contribution in [2.45, 2.75) is 29.2 Å². The van der Waals surface area contributed by atoms with E-state index in [9.17, 15) is 14.4 Å². The molecular formula is C25H24N2O4S. The molecule has 1 atom stereocenters. The Labute approximate surface area is 191 Å². The van der Waals surface area contributed by atoms with Gasteiger partial charge in [-0.15, -0.1) is 0 Å². The molecule has 0 aliphatic rings. The van der Waals surface area contributed by atoms with Crippen LogP contribution in [-0.4, -0.2) is 24.4 Å². The summed E-state index contributed by atoms with van der Waals surface area (Å²) in [6, 6.07) is 25.9. The van der Waals surface area contributed by atoms with Crippen LogP contribution >= 0.6 is 11.8 Å². The van der Waals surface area contributed by atoms with Crippen LogP contribution in [-0.2, 0) is 19.1 Å². The summed E-state index contributed by atoms with van der Waals surface area (Å²) in [7, 11) is 0. The Hall–Kier alpha value is -3.58. The molecule has 2 N–H and O–H groups in total. The maximum atomic E-state index is 12.4. The number of carbonyl (C=O) groups is 3. The van der Waals surface area contributed by atoms with Gasteiger partial charge in [-0.1, -0.05) is 72.4 Å². The molecule has 0 aliphatic carbocycles. The van der Waals surface area contributed by atoms with Gasteiger partial charge in [-0.2, -0.15) is 0 Å². The average molecular weight is 449 g/mol. The summed E-state index contributed by atoms with van der Waals surface area (Å²) in [6.45, 7) is 0.977. The quantitative estimate of drug-likeness (QED) is 0.468. The highest BCUT2D eigenvalue weighted by Crippen LogP contribution is 2.33. The lowest BCUT2D eigenvalue weighted by molar-refractivity contribution is -0.148. The molecule has 0 saturated carbocycles. The first-order valence-corrected chi connectivity index (χ1v) is 10.9. The Balaban J connectivity index is 1.55. The van der Waals surface area contributed by atoms with E-state index in [0.717, 1.165) is 15.4 Å². The van der Waals surface area contributed by atoms with Gasteiger partial charge in [0.15, 0.2) is 6.61 Å². The van der Waals surface area contributed by atoms with Crippen LogP contribution in [0.3, 0.4) is 0 Å². The van der Waals surface area contributed by atoms with Gasteiger partial charge in [0.1, 0.15) is 0 Å². The molecule has 0 aromatic heterocycles. The van der Waals surface area contributed by atoms with Gasteiger partial charge in [0, 0.05) is 16.7 Å². The molecule has 0 spiro atoms. The summed E-state index contributed by atoms with van der Waals surface area (Å²) < 4.78 is 5.16. The minimum absolute atomic E-state index is 0.0721. The van der Waals surface area contributed by atoms with Gasteiger partial charge >= 0.3 is 5.97 Å². The van der Waals surface area contributed by atoms with E-state index in [1.807, 2.05) is 78.9 Å². The smallest absolute Gasteiger partial charge is 0.308 e. The second kappa shape index (κ2) is 11.7. The van der Waals surface area contributed by atoms with E-state index in [2.05, 4.69) is 10.6 Å². The third-order valence-electron chi connectivity index (χ3n) is 4.45. The van der Waals surface area contributed by atoms with Crippen molar-refractivity contribution in [3.63, 3.8) is 0 Å². The van der Waals surface area contributed by atoms with E-state index in [4.69, 9.17) is 4.74 Å². The van der Waals surface area contributed by atoms with Crippen molar-refractivity contribution in [1.82, 2.24) is 5.32 Å². The van der Waals surface area contributed by atoms with Gasteiger partial charge in [0.05, 0.1) is 18.2 Å². The van der Waals surface area contributed by atoms with Crippen molar-refractivity contribution in [3.05, 3.63) is 90.5 Å². The molecular weight excluding hydrogens is 424 g/mol. The Morgan fingerprint density at radius 2 is 1.50 bits per heavy atom. The van der Waals surface area contributed by atoms with Gasteiger partial charge in [-0.25, -0.2) is 0 Å². The number of nitrogens with one attached hydrogen (secondary N) is 2. The minimum atomic E-state index is -0.574. The standard InChI is InChI=1S/C25H24N2O4S/c1-18(28)26-22(19-10-4-2-5-11-19)16-25(30)31-17-24(29)27-21-14-8-9-15-23(21)32-20-12-6-3-7-13-20/h2-15,22H,16-17H2,1H3,(H,26,28)(H,27,29). The molecule has 0 heterocycles. The van der Waals surface area contributed by atoms with Crippen LogP contribution in [0.1, 0.15) is 24.9 Å². The third-order valence-corrected chi connectivity index (χ3v) is 5.53. The Kier molecular flexibility index (Phi) is 8.45. The summed E-state index contributed by atoms with van der Waals surface area (Å²) in [5.41, 5.74) is 1.43. The Morgan fingerprint density at radius 3 is 2.19 bits per heavy atom. The van der Waals surface area contributed by atoms with Gasteiger partial charge in [0.2, 0.25) is 5.91 Å². The van der Waals surface area contributed by atoms with Gasteiger partial charge < -0.3 is 15.4 Å². The number of ether oxygens (including phenoxy) is 1. The summed E-state index contributed by atoms with van der Waals surface area (Å²) in [5.74, 6) is -1.26. The molecule has 3 aromatic carbocycles. The number of hydrogen-bond donors (Lipinski definition) is 2. The summed E-state index contributed by atoms with van der Waals surface area (Å²) in [4.78, 5) is 38.1. The van der Waals surface area contributed by atoms with Crippen molar-refractivity contribution in [1.29, 1.82) is 0 Å². The molecule has 2 amide bonds. The summed E-state index contributed by atoms with van der Waals surface area (Å²) in [5, 5.41) is 5.54. The maximum absolute atomic E-state index is 12.4. The number of para-hydroxylation sites is 1. The highest BCUT2D eigenvalue weighted by molar-refractivity contribution is 7.99. The Bertz CT molecular complexity index is 1060. The van der Waals surface area contributed by atoms with Crippen molar-refractivity contribution in [2.24, 2.45) is 0 Å². The first kappa shape index (κ1) is 23.1. The van der Waals surface area contributed by atoms with Gasteiger partial charge in [-0.3, -0.25) is 14.4 Å². The van der Waals surface area contributed by atoms with Crippen LogP contribution in [0.25, 0.3) is 0 Å². The average Bonchev–Trinajstić information content (AvgIpc) is 2.79. The molecule has 164 valence electrons. The number of anilines is 1.